The van der Waals surface area contributed by atoms with Gasteiger partial charge in [-0.05, 0) is 30.8 Å². The first-order valence-electron chi connectivity index (χ1n) is 5.59. The van der Waals surface area contributed by atoms with E-state index in [1.165, 1.54) is 5.19 Å². The summed E-state index contributed by atoms with van der Waals surface area (Å²) in [5.74, 6) is 0.642. The highest BCUT2D eigenvalue weighted by molar-refractivity contribution is 6.84. The van der Waals surface area contributed by atoms with Crippen LogP contribution in [0.3, 0.4) is 0 Å². The van der Waals surface area contributed by atoms with E-state index < -0.39 is 8.32 Å². The van der Waals surface area contributed by atoms with Gasteiger partial charge in [0, 0.05) is 0 Å². The largest absolute Gasteiger partial charge is 0.515 e. The highest BCUT2D eigenvalue weighted by Gasteiger charge is 2.28. The average Bonchev–Trinajstić information content (AvgIpc) is 2.29. The standard InChI is InChI=1S/C13H20O2Si/c1-5-9-13(14-2)15-16(3,4)12-10-7-6-8-11-12/h6-11H,5H2,1-4H3/b13-9-. The van der Waals surface area contributed by atoms with Crippen LogP contribution in [-0.4, -0.2) is 15.4 Å². The number of ether oxygens (including phenoxy) is 1. The van der Waals surface area contributed by atoms with Crippen molar-refractivity contribution in [3.63, 3.8) is 0 Å². The van der Waals surface area contributed by atoms with E-state index in [4.69, 9.17) is 9.16 Å². The Hall–Kier alpha value is -1.22. The van der Waals surface area contributed by atoms with Gasteiger partial charge in [-0.2, -0.15) is 0 Å². The molecule has 0 heterocycles. The van der Waals surface area contributed by atoms with Crippen LogP contribution in [0.1, 0.15) is 13.3 Å². The summed E-state index contributed by atoms with van der Waals surface area (Å²) in [6.45, 7) is 6.41. The fourth-order valence-corrected chi connectivity index (χ4v) is 3.27. The molecule has 0 aromatic heterocycles. The molecular weight excluding hydrogens is 216 g/mol. The molecular formula is C13H20O2Si. The Bertz CT molecular complexity index is 344. The molecule has 0 atom stereocenters. The number of hydrogen-bond acceptors (Lipinski definition) is 2. The first kappa shape index (κ1) is 12.8. The number of benzene rings is 1. The molecule has 0 bridgehead atoms. The number of hydrogen-bond donors (Lipinski definition) is 0. The molecule has 16 heavy (non-hydrogen) atoms. The fourth-order valence-electron chi connectivity index (χ4n) is 1.48. The zero-order chi connectivity index (χ0) is 12.0. The first-order valence-corrected chi connectivity index (χ1v) is 8.49. The van der Waals surface area contributed by atoms with Gasteiger partial charge in [-0.3, -0.25) is 0 Å². The maximum Gasteiger partial charge on any atom is 0.280 e. The summed E-state index contributed by atoms with van der Waals surface area (Å²) in [5, 5.41) is 1.27. The molecule has 1 rings (SSSR count). The average molecular weight is 236 g/mol. The van der Waals surface area contributed by atoms with E-state index in [1.54, 1.807) is 7.11 Å². The molecule has 0 aliphatic heterocycles. The third-order valence-electron chi connectivity index (χ3n) is 2.40. The second kappa shape index (κ2) is 5.75. The van der Waals surface area contributed by atoms with Crippen LogP contribution in [0.2, 0.25) is 13.1 Å². The van der Waals surface area contributed by atoms with Crippen molar-refractivity contribution >= 4 is 13.5 Å². The second-order valence-corrected chi connectivity index (χ2v) is 7.92. The quantitative estimate of drug-likeness (QED) is 0.578. The molecule has 2 nitrogen and oxygen atoms in total. The van der Waals surface area contributed by atoms with Gasteiger partial charge in [0.2, 0.25) is 0 Å². The smallest absolute Gasteiger partial charge is 0.280 e. The molecule has 0 aliphatic rings. The van der Waals surface area contributed by atoms with Crippen molar-refractivity contribution in [2.45, 2.75) is 26.4 Å². The molecule has 0 amide bonds. The Balaban J connectivity index is 2.83. The third-order valence-corrected chi connectivity index (χ3v) is 4.83. The summed E-state index contributed by atoms with van der Waals surface area (Å²) >= 11 is 0. The van der Waals surface area contributed by atoms with Gasteiger partial charge < -0.3 is 9.16 Å². The maximum absolute atomic E-state index is 5.99. The number of methoxy groups -OCH3 is 1. The van der Waals surface area contributed by atoms with Gasteiger partial charge in [-0.1, -0.05) is 37.3 Å². The van der Waals surface area contributed by atoms with E-state index in [0.717, 1.165) is 6.42 Å². The van der Waals surface area contributed by atoms with Crippen LogP contribution in [-0.2, 0) is 9.16 Å². The highest BCUT2D eigenvalue weighted by atomic mass is 28.4. The summed E-state index contributed by atoms with van der Waals surface area (Å²) in [7, 11) is -0.244. The monoisotopic (exact) mass is 236 g/mol. The van der Waals surface area contributed by atoms with Gasteiger partial charge in [-0.25, -0.2) is 0 Å². The van der Waals surface area contributed by atoms with E-state index in [1.807, 2.05) is 24.3 Å². The molecule has 1 aromatic carbocycles. The third kappa shape index (κ3) is 3.42. The van der Waals surface area contributed by atoms with Crippen LogP contribution < -0.4 is 5.19 Å². The Labute approximate surface area is 99.0 Å². The van der Waals surface area contributed by atoms with Crippen LogP contribution in [0.15, 0.2) is 42.4 Å². The molecule has 0 radical (unpaired) electrons. The van der Waals surface area contributed by atoms with Crippen LogP contribution in [0.25, 0.3) is 0 Å². The Morgan fingerprint density at radius 1 is 1.25 bits per heavy atom. The summed E-state index contributed by atoms with van der Waals surface area (Å²) in [6.07, 6.45) is 2.89. The predicted molar refractivity (Wildman–Crippen MR) is 70.0 cm³/mol. The Morgan fingerprint density at radius 2 is 1.88 bits per heavy atom. The highest BCUT2D eigenvalue weighted by Crippen LogP contribution is 2.12. The fraction of sp³-hybridized carbons (Fsp3) is 0.385. The molecule has 0 unspecified atom stereocenters. The minimum absolute atomic E-state index is 0.642. The van der Waals surface area contributed by atoms with Crippen molar-refractivity contribution in [2.24, 2.45) is 0 Å². The van der Waals surface area contributed by atoms with E-state index in [0.29, 0.717) is 5.95 Å². The zero-order valence-electron chi connectivity index (χ0n) is 10.5. The summed E-state index contributed by atoms with van der Waals surface area (Å²) in [6, 6.07) is 10.3. The van der Waals surface area contributed by atoms with Crippen LogP contribution in [0, 0.1) is 0 Å². The number of rotatable bonds is 5. The normalized spacial score (nSPS) is 12.4. The molecule has 1 aromatic rings. The van der Waals surface area contributed by atoms with Crippen molar-refractivity contribution in [3.8, 4) is 0 Å². The lowest BCUT2D eigenvalue weighted by Gasteiger charge is -2.25. The summed E-state index contributed by atoms with van der Waals surface area (Å²) in [5.41, 5.74) is 0. The maximum atomic E-state index is 5.99. The second-order valence-electron chi connectivity index (χ2n) is 4.11. The van der Waals surface area contributed by atoms with Gasteiger partial charge in [0.15, 0.2) is 0 Å². The Morgan fingerprint density at radius 3 is 2.38 bits per heavy atom. The topological polar surface area (TPSA) is 18.5 Å². The first-order chi connectivity index (χ1) is 7.60. The summed E-state index contributed by atoms with van der Waals surface area (Å²) in [4.78, 5) is 0. The van der Waals surface area contributed by atoms with Crippen molar-refractivity contribution < 1.29 is 9.16 Å². The molecule has 0 spiro atoms. The minimum atomic E-state index is -1.89. The molecule has 0 N–H and O–H groups in total. The lowest BCUT2D eigenvalue weighted by Crippen LogP contribution is -2.44. The van der Waals surface area contributed by atoms with Gasteiger partial charge in [0.05, 0.1) is 7.11 Å². The minimum Gasteiger partial charge on any atom is -0.515 e. The van der Waals surface area contributed by atoms with Crippen molar-refractivity contribution in [2.75, 3.05) is 7.11 Å². The van der Waals surface area contributed by atoms with Gasteiger partial charge >= 0.3 is 0 Å². The Kier molecular flexibility index (Phi) is 4.62. The zero-order valence-corrected chi connectivity index (χ0v) is 11.5. The molecule has 0 fully saturated rings. The van der Waals surface area contributed by atoms with E-state index >= 15 is 0 Å². The van der Waals surface area contributed by atoms with Gasteiger partial charge in [0.1, 0.15) is 0 Å². The van der Waals surface area contributed by atoms with Crippen LogP contribution in [0.4, 0.5) is 0 Å². The number of allylic oxidation sites excluding steroid dienone is 1. The summed E-state index contributed by atoms with van der Waals surface area (Å²) < 4.78 is 11.2. The molecule has 0 saturated heterocycles. The van der Waals surface area contributed by atoms with Crippen molar-refractivity contribution in [1.29, 1.82) is 0 Å². The van der Waals surface area contributed by atoms with Crippen molar-refractivity contribution in [1.82, 2.24) is 0 Å². The SMILES string of the molecule is CC/C=C(/OC)O[Si](C)(C)c1ccccc1. The van der Waals surface area contributed by atoms with Crippen LogP contribution in [0.5, 0.6) is 0 Å². The molecule has 3 heteroatoms. The van der Waals surface area contributed by atoms with Gasteiger partial charge in [0.25, 0.3) is 14.3 Å². The van der Waals surface area contributed by atoms with E-state index in [9.17, 15) is 0 Å². The van der Waals surface area contributed by atoms with Crippen LogP contribution >= 0.6 is 0 Å². The van der Waals surface area contributed by atoms with Gasteiger partial charge in [-0.15, -0.1) is 0 Å². The van der Waals surface area contributed by atoms with Crippen molar-refractivity contribution in [3.05, 3.63) is 42.4 Å². The molecule has 88 valence electrons. The molecule has 0 aliphatic carbocycles. The lowest BCUT2D eigenvalue weighted by molar-refractivity contribution is 0.147. The lowest BCUT2D eigenvalue weighted by atomic mass is 10.4. The van der Waals surface area contributed by atoms with E-state index in [-0.39, 0.29) is 0 Å². The van der Waals surface area contributed by atoms with E-state index in [2.05, 4.69) is 32.2 Å². The predicted octanol–water partition coefficient (Wildman–Crippen LogP) is 3.01. The molecule has 0 saturated carbocycles.